The van der Waals surface area contributed by atoms with Crippen molar-refractivity contribution in [2.24, 2.45) is 0 Å². The van der Waals surface area contributed by atoms with Gasteiger partial charge in [0, 0.05) is 30.9 Å². The summed E-state index contributed by atoms with van der Waals surface area (Å²) in [7, 11) is 0. The van der Waals surface area contributed by atoms with Crippen molar-refractivity contribution in [1.29, 1.82) is 0 Å². The second-order valence-corrected chi connectivity index (χ2v) is 8.35. The number of aliphatic hydroxyl groups is 2. The van der Waals surface area contributed by atoms with Gasteiger partial charge in [-0.05, 0) is 36.8 Å². The van der Waals surface area contributed by atoms with Gasteiger partial charge in [0.25, 0.3) is 0 Å². The molecule has 0 saturated heterocycles. The Morgan fingerprint density at radius 1 is 0.732 bits per heavy atom. The van der Waals surface area contributed by atoms with Crippen molar-refractivity contribution >= 4 is 24.1 Å². The van der Waals surface area contributed by atoms with Crippen molar-refractivity contribution in [2.75, 3.05) is 26.4 Å². The van der Waals surface area contributed by atoms with Crippen LogP contribution >= 0.6 is 0 Å². The second kappa shape index (κ2) is 20.3. The summed E-state index contributed by atoms with van der Waals surface area (Å²) in [5, 5.41) is 37.4. The number of carboxylic acid groups (broad SMARTS) is 2. The Morgan fingerprint density at radius 2 is 1.20 bits per heavy atom. The number of benzene rings is 2. The van der Waals surface area contributed by atoms with Crippen molar-refractivity contribution in [1.82, 2.24) is 10.6 Å². The van der Waals surface area contributed by atoms with E-state index in [0.717, 1.165) is 11.1 Å². The summed E-state index contributed by atoms with van der Waals surface area (Å²) in [6.45, 7) is 4.33. The molecular formula is C29H36N2O10. The van der Waals surface area contributed by atoms with E-state index in [2.05, 4.69) is 11.3 Å². The molecule has 12 heteroatoms. The van der Waals surface area contributed by atoms with Gasteiger partial charge in [-0.15, -0.1) is 0 Å². The molecular weight excluding hydrogens is 536 g/mol. The summed E-state index contributed by atoms with van der Waals surface area (Å²) in [4.78, 5) is 44.2. The molecule has 0 bridgehead atoms. The summed E-state index contributed by atoms with van der Waals surface area (Å²) in [5.74, 6) is -1.62. The second-order valence-electron chi connectivity index (χ2n) is 8.35. The van der Waals surface area contributed by atoms with Crippen LogP contribution in [-0.2, 0) is 19.1 Å². The van der Waals surface area contributed by atoms with Gasteiger partial charge in [0.2, 0.25) is 0 Å². The van der Waals surface area contributed by atoms with E-state index in [0.29, 0.717) is 44.1 Å². The summed E-state index contributed by atoms with van der Waals surface area (Å²) < 4.78 is 9.94. The summed E-state index contributed by atoms with van der Waals surface area (Å²) >= 11 is 0. The van der Waals surface area contributed by atoms with Crippen LogP contribution in [0.5, 0.6) is 0 Å². The van der Waals surface area contributed by atoms with Gasteiger partial charge in [0.05, 0.1) is 13.2 Å². The third-order valence-corrected chi connectivity index (χ3v) is 5.25. The molecule has 0 fully saturated rings. The molecule has 0 radical (unpaired) electrons. The molecule has 0 aliphatic carbocycles. The number of amides is 2. The van der Waals surface area contributed by atoms with E-state index >= 15 is 0 Å². The zero-order valence-corrected chi connectivity index (χ0v) is 22.5. The van der Waals surface area contributed by atoms with E-state index in [9.17, 15) is 19.2 Å². The number of hydrogen-bond donors (Lipinski definition) is 6. The van der Waals surface area contributed by atoms with Crippen molar-refractivity contribution in [3.05, 3.63) is 95.8 Å². The van der Waals surface area contributed by atoms with Crippen LogP contribution in [0.25, 0.3) is 0 Å². The molecule has 2 aromatic carbocycles. The lowest BCUT2D eigenvalue weighted by Crippen LogP contribution is -2.30. The van der Waals surface area contributed by atoms with Gasteiger partial charge in [0.15, 0.2) is 0 Å². The summed E-state index contributed by atoms with van der Waals surface area (Å²) in [6, 6.07) is 19.6. The highest BCUT2D eigenvalue weighted by atomic mass is 16.5. The van der Waals surface area contributed by atoms with Gasteiger partial charge < -0.3 is 29.9 Å². The van der Waals surface area contributed by atoms with Crippen LogP contribution in [0.2, 0.25) is 0 Å². The smallest absolute Gasteiger partial charge is 0.409 e. The molecule has 2 aromatic rings. The number of ether oxygens (including phenoxy) is 2. The van der Waals surface area contributed by atoms with E-state index in [1.807, 2.05) is 60.7 Å². The Labute approximate surface area is 237 Å². The minimum atomic E-state index is -1.53. The largest absolute Gasteiger partial charge is 0.465 e. The van der Waals surface area contributed by atoms with Crippen LogP contribution in [0.15, 0.2) is 84.7 Å². The first-order valence-electron chi connectivity index (χ1n) is 12.8. The first-order valence-corrected chi connectivity index (χ1v) is 12.8. The van der Waals surface area contributed by atoms with Crippen molar-refractivity contribution in [2.45, 2.75) is 31.6 Å². The van der Waals surface area contributed by atoms with Crippen LogP contribution in [0, 0.1) is 0 Å². The van der Waals surface area contributed by atoms with Crippen molar-refractivity contribution in [3.63, 3.8) is 0 Å². The van der Waals surface area contributed by atoms with E-state index in [1.165, 1.54) is 0 Å². The van der Waals surface area contributed by atoms with Gasteiger partial charge >= 0.3 is 24.1 Å². The van der Waals surface area contributed by atoms with Crippen LogP contribution in [0.4, 0.5) is 9.59 Å². The highest BCUT2D eigenvalue weighted by molar-refractivity contribution is 5.92. The van der Waals surface area contributed by atoms with Crippen LogP contribution in [0.1, 0.15) is 42.7 Å². The van der Waals surface area contributed by atoms with E-state index in [1.54, 1.807) is 10.6 Å². The lowest BCUT2D eigenvalue weighted by molar-refractivity contribution is -0.140. The molecule has 0 heterocycles. The van der Waals surface area contributed by atoms with Crippen molar-refractivity contribution < 1.29 is 49.1 Å². The molecule has 222 valence electrons. The lowest BCUT2D eigenvalue weighted by atomic mass is 9.85. The summed E-state index contributed by atoms with van der Waals surface area (Å²) in [6.07, 6.45) is -0.183. The zero-order valence-electron chi connectivity index (χ0n) is 22.5. The van der Waals surface area contributed by atoms with E-state index < -0.39 is 23.9 Å². The Hall–Kier alpha value is -4.68. The molecule has 41 heavy (non-hydrogen) atoms. The fourth-order valence-corrected chi connectivity index (χ4v) is 3.33. The minimum absolute atomic E-state index is 0.00883. The van der Waals surface area contributed by atoms with Gasteiger partial charge in [-0.1, -0.05) is 67.2 Å². The quantitative estimate of drug-likeness (QED) is 0.105. The third-order valence-electron chi connectivity index (χ3n) is 5.25. The summed E-state index contributed by atoms with van der Waals surface area (Å²) in [5.41, 5.74) is 1.90. The Balaban J connectivity index is 0.000000425. The number of hydrogen-bond acceptors (Lipinski definition) is 8. The van der Waals surface area contributed by atoms with Gasteiger partial charge in [0.1, 0.15) is 5.70 Å². The first kappa shape index (κ1) is 34.3. The maximum atomic E-state index is 12.3. The third kappa shape index (κ3) is 14.3. The molecule has 6 N–H and O–H groups in total. The molecule has 0 unspecified atom stereocenters. The molecule has 0 aliphatic heterocycles. The zero-order chi connectivity index (χ0) is 30.5. The number of carbonyl (C=O) groups excluding carboxylic acids is 2. The van der Waals surface area contributed by atoms with Gasteiger partial charge in [-0.2, -0.15) is 0 Å². The number of esters is 2. The average Bonchev–Trinajstić information content (AvgIpc) is 2.96. The standard InChI is InChI=1S/C20H22O3.C9H14N2O7/c1-16(20(22)23-15-9-8-14-21)19(17-10-4-2-5-11-17)18-12-6-3-7-13-18;12-3-1-2-4-18-7(13)6(11-9(16)17)5-10-8(14)15/h2-7,10-13,19,21H,1,8-9,14-15H2;5,10-12H,1-4H2,(H,14,15)(H,16,17). The molecule has 0 aliphatic rings. The molecule has 0 atom stereocenters. The Bertz CT molecular complexity index is 1100. The van der Waals surface area contributed by atoms with E-state index in [4.69, 9.17) is 25.2 Å². The Kier molecular flexibility index (Phi) is 17.0. The van der Waals surface area contributed by atoms with Crippen molar-refractivity contribution in [3.8, 4) is 0 Å². The number of rotatable bonds is 15. The number of aliphatic hydroxyl groups excluding tert-OH is 2. The molecule has 2 amide bonds. The average molecular weight is 573 g/mol. The predicted molar refractivity (Wildman–Crippen MR) is 149 cm³/mol. The molecule has 0 aromatic heterocycles. The van der Waals surface area contributed by atoms with Crippen LogP contribution < -0.4 is 10.6 Å². The number of nitrogens with one attached hydrogen (secondary N) is 2. The van der Waals surface area contributed by atoms with Crippen LogP contribution in [0.3, 0.4) is 0 Å². The highest BCUT2D eigenvalue weighted by Crippen LogP contribution is 2.31. The van der Waals surface area contributed by atoms with Crippen LogP contribution in [-0.4, -0.2) is 71.0 Å². The fourth-order valence-electron chi connectivity index (χ4n) is 3.33. The molecule has 0 spiro atoms. The maximum Gasteiger partial charge on any atom is 0.409 e. The first-order chi connectivity index (χ1) is 19.7. The number of carbonyl (C=O) groups is 4. The molecule has 2 rings (SSSR count). The molecule has 0 saturated carbocycles. The SMILES string of the molecule is C=C(C(=O)OCCCCO)C(c1ccccc1)c1ccccc1.O=C(O)NC=C(NC(=O)O)C(=O)OCCCCO. The predicted octanol–water partition coefficient (Wildman–Crippen LogP) is 3.37. The highest BCUT2D eigenvalue weighted by Gasteiger charge is 2.23. The minimum Gasteiger partial charge on any atom is -0.465 e. The van der Waals surface area contributed by atoms with E-state index in [-0.39, 0.29) is 31.7 Å². The fraction of sp³-hybridized carbons (Fsp3) is 0.310. The lowest BCUT2D eigenvalue weighted by Gasteiger charge is -2.19. The number of unbranched alkanes of at least 4 members (excludes halogenated alkanes) is 2. The normalized spacial score (nSPS) is 10.6. The molecule has 12 nitrogen and oxygen atoms in total. The monoisotopic (exact) mass is 572 g/mol. The van der Waals surface area contributed by atoms with Gasteiger partial charge in [-0.3, -0.25) is 10.6 Å². The Morgan fingerprint density at radius 3 is 1.61 bits per heavy atom. The van der Waals surface area contributed by atoms with Gasteiger partial charge in [-0.25, -0.2) is 19.2 Å². The maximum absolute atomic E-state index is 12.3. The topological polar surface area (TPSA) is 192 Å².